The Balaban J connectivity index is 2.07. The van der Waals surface area contributed by atoms with Gasteiger partial charge in [0.05, 0.1) is 30.4 Å². The summed E-state index contributed by atoms with van der Waals surface area (Å²) in [6.07, 6.45) is 4.32. The van der Waals surface area contributed by atoms with Gasteiger partial charge in [0.25, 0.3) is 5.91 Å². The van der Waals surface area contributed by atoms with E-state index in [2.05, 4.69) is 26.3 Å². The van der Waals surface area contributed by atoms with Gasteiger partial charge in [0.15, 0.2) is 0 Å². The molecule has 3 unspecified atom stereocenters. The number of ether oxygens (including phenoxy) is 1. The van der Waals surface area contributed by atoms with Gasteiger partial charge in [-0.25, -0.2) is 9.97 Å². The molecule has 0 spiro atoms. The number of nitrogens with one attached hydrogen (secondary N) is 2. The Morgan fingerprint density at radius 3 is 2.69 bits per heavy atom. The molecule has 5 N–H and O–H groups in total. The summed E-state index contributed by atoms with van der Waals surface area (Å²) in [5, 5.41) is 32.2. The lowest BCUT2D eigenvalue weighted by Gasteiger charge is -2.33. The van der Waals surface area contributed by atoms with Gasteiger partial charge >= 0.3 is 0 Å². The molecular formula is C25H32N8O3. The van der Waals surface area contributed by atoms with Gasteiger partial charge in [-0.05, 0) is 45.3 Å². The molecule has 0 saturated carbocycles. The van der Waals surface area contributed by atoms with E-state index in [-0.39, 0.29) is 17.4 Å². The van der Waals surface area contributed by atoms with Crippen LogP contribution >= 0.6 is 0 Å². The number of carbonyl (C=O) groups is 1. The molecule has 3 rings (SSSR count). The van der Waals surface area contributed by atoms with Crippen LogP contribution in [0.5, 0.6) is 0 Å². The monoisotopic (exact) mass is 492 g/mol. The van der Waals surface area contributed by atoms with Crippen molar-refractivity contribution in [2.75, 3.05) is 31.8 Å². The summed E-state index contributed by atoms with van der Waals surface area (Å²) in [4.78, 5) is 26.4. The highest BCUT2D eigenvalue weighted by Crippen LogP contribution is 2.39. The third-order valence-electron chi connectivity index (χ3n) is 6.02. The van der Waals surface area contributed by atoms with Crippen LogP contribution in [-0.2, 0) is 9.53 Å². The van der Waals surface area contributed by atoms with Crippen LogP contribution in [0, 0.1) is 22.7 Å². The molecule has 2 heterocycles. The Kier molecular flexibility index (Phi) is 8.22. The number of anilines is 2. The Morgan fingerprint density at radius 2 is 2.14 bits per heavy atom. The lowest BCUT2D eigenvalue weighted by Crippen LogP contribution is -2.33. The minimum absolute atomic E-state index is 0.162. The van der Waals surface area contributed by atoms with Crippen molar-refractivity contribution in [3.05, 3.63) is 46.6 Å². The van der Waals surface area contributed by atoms with Gasteiger partial charge in [0.1, 0.15) is 35.4 Å². The summed E-state index contributed by atoms with van der Waals surface area (Å²) in [7, 11) is 3.34. The predicted octanol–water partition coefficient (Wildman–Crippen LogP) is 2.19. The fourth-order valence-corrected chi connectivity index (χ4v) is 4.28. The van der Waals surface area contributed by atoms with E-state index in [0.717, 1.165) is 5.57 Å². The molecule has 0 bridgehead atoms. The number of nitrogens with two attached hydrogens (primary N) is 1. The topological polar surface area (TPSA) is 174 Å². The van der Waals surface area contributed by atoms with Crippen molar-refractivity contribution in [3.8, 4) is 6.07 Å². The number of rotatable bonds is 8. The van der Waals surface area contributed by atoms with Crippen molar-refractivity contribution in [2.24, 2.45) is 10.9 Å². The smallest absolute Gasteiger partial charge is 0.267 e. The third-order valence-corrected chi connectivity index (χ3v) is 6.02. The number of nitriles is 1. The van der Waals surface area contributed by atoms with Crippen molar-refractivity contribution < 1.29 is 14.6 Å². The van der Waals surface area contributed by atoms with E-state index in [1.807, 2.05) is 13.8 Å². The van der Waals surface area contributed by atoms with Gasteiger partial charge in [0, 0.05) is 37.2 Å². The lowest BCUT2D eigenvalue weighted by molar-refractivity contribution is -0.121. The Hall–Kier alpha value is -4.04. The van der Waals surface area contributed by atoms with E-state index in [0.29, 0.717) is 53.4 Å². The molecule has 0 fully saturated rings. The van der Waals surface area contributed by atoms with Crippen molar-refractivity contribution in [3.63, 3.8) is 0 Å². The van der Waals surface area contributed by atoms with Crippen molar-refractivity contribution in [1.29, 1.82) is 10.7 Å². The molecule has 1 aromatic rings. The van der Waals surface area contributed by atoms with Crippen LogP contribution in [0.4, 0.5) is 11.6 Å². The van der Waals surface area contributed by atoms with Gasteiger partial charge in [0.2, 0.25) is 0 Å². The zero-order valence-corrected chi connectivity index (χ0v) is 21.2. The number of aliphatic imine (C=N–C) groups is 1. The molecule has 0 radical (unpaired) electrons. The number of nitrogens with zero attached hydrogens (tertiary/aromatic N) is 5. The van der Waals surface area contributed by atoms with Crippen molar-refractivity contribution in [1.82, 2.24) is 14.9 Å². The van der Waals surface area contributed by atoms with Gasteiger partial charge in [-0.15, -0.1) is 0 Å². The summed E-state index contributed by atoms with van der Waals surface area (Å²) in [6.45, 7) is 5.64. The average molecular weight is 493 g/mol. The standard InChI is InChI=1S/C25H32N8O3/c1-6-36-22-16(14(3)32-24-20(13(2)27)23(28)30-12-31-24)9-19(34)17(10-26)21(22)15-7-8-18(29-11-15)25(35)33(4)5/h9,11-12,14,17,19,27,34H,6-8H2,1-5H3,(H3,28,30,31,32). The first-order chi connectivity index (χ1) is 17.1. The number of carbonyl (C=O) groups excluding carboxylic acids is 1. The van der Waals surface area contributed by atoms with Crippen LogP contribution in [-0.4, -0.2) is 70.2 Å². The Labute approximate surface area is 210 Å². The van der Waals surface area contributed by atoms with Gasteiger partial charge in [-0.3, -0.25) is 9.79 Å². The molecule has 190 valence electrons. The van der Waals surface area contributed by atoms with E-state index in [1.165, 1.54) is 11.2 Å². The number of aliphatic hydroxyl groups excluding tert-OH is 1. The van der Waals surface area contributed by atoms with E-state index in [1.54, 1.807) is 33.3 Å². The summed E-state index contributed by atoms with van der Waals surface area (Å²) in [5.74, 6) is 0.0251. The van der Waals surface area contributed by atoms with Crippen molar-refractivity contribution >= 4 is 29.0 Å². The van der Waals surface area contributed by atoms with Crippen LogP contribution < -0.4 is 11.1 Å². The molecule has 2 aliphatic rings. The first-order valence-electron chi connectivity index (χ1n) is 11.7. The number of nitrogen functional groups attached to an aromatic ring is 1. The summed E-state index contributed by atoms with van der Waals surface area (Å²) < 4.78 is 6.06. The molecule has 0 aromatic carbocycles. The molecule has 11 nitrogen and oxygen atoms in total. The minimum Gasteiger partial charge on any atom is -0.493 e. The fourth-order valence-electron chi connectivity index (χ4n) is 4.28. The van der Waals surface area contributed by atoms with Crippen LogP contribution in [0.25, 0.3) is 0 Å². The molecule has 36 heavy (non-hydrogen) atoms. The maximum atomic E-state index is 12.3. The van der Waals surface area contributed by atoms with Crippen LogP contribution in [0.1, 0.15) is 39.2 Å². The van der Waals surface area contributed by atoms with E-state index in [4.69, 9.17) is 15.9 Å². The Morgan fingerprint density at radius 1 is 1.42 bits per heavy atom. The molecule has 1 aliphatic heterocycles. The molecule has 11 heteroatoms. The first kappa shape index (κ1) is 26.6. The third kappa shape index (κ3) is 5.28. The predicted molar refractivity (Wildman–Crippen MR) is 137 cm³/mol. The van der Waals surface area contributed by atoms with E-state index < -0.39 is 18.1 Å². The van der Waals surface area contributed by atoms with Crippen LogP contribution in [0.15, 0.2) is 46.1 Å². The SMILES string of the molecule is CCOC1=C(C2=CN=C(C(=O)N(C)C)CC2)C(C#N)C(O)C=C1C(C)Nc1ncnc(N)c1C(C)=N. The zero-order valence-electron chi connectivity index (χ0n) is 21.2. The number of aliphatic hydroxyl groups is 1. The fraction of sp³-hybridized carbons (Fsp3) is 0.440. The molecule has 3 atom stereocenters. The zero-order chi connectivity index (χ0) is 26.6. The van der Waals surface area contributed by atoms with Crippen molar-refractivity contribution in [2.45, 2.75) is 45.8 Å². The number of amides is 1. The highest BCUT2D eigenvalue weighted by Gasteiger charge is 2.36. The van der Waals surface area contributed by atoms with Gasteiger partial charge < -0.3 is 31.2 Å². The number of hydrogen-bond acceptors (Lipinski definition) is 10. The minimum atomic E-state index is -1.08. The molecular weight excluding hydrogens is 460 g/mol. The van der Waals surface area contributed by atoms with Gasteiger partial charge in [-0.2, -0.15) is 5.26 Å². The quantitative estimate of drug-likeness (QED) is 0.399. The number of allylic oxidation sites excluding steroid dienone is 1. The van der Waals surface area contributed by atoms with Gasteiger partial charge in [-0.1, -0.05) is 0 Å². The summed E-state index contributed by atoms with van der Waals surface area (Å²) >= 11 is 0. The first-order valence-corrected chi connectivity index (χ1v) is 11.7. The summed E-state index contributed by atoms with van der Waals surface area (Å²) in [5.41, 5.74) is 8.94. The Bertz CT molecular complexity index is 1220. The number of hydrogen-bond donors (Lipinski definition) is 4. The second-order valence-electron chi connectivity index (χ2n) is 8.80. The maximum absolute atomic E-state index is 12.3. The second-order valence-corrected chi connectivity index (χ2v) is 8.80. The maximum Gasteiger partial charge on any atom is 0.267 e. The molecule has 1 amide bonds. The summed E-state index contributed by atoms with van der Waals surface area (Å²) in [6, 6.07) is 1.77. The molecule has 0 saturated heterocycles. The lowest BCUT2D eigenvalue weighted by atomic mass is 9.78. The average Bonchev–Trinajstić information content (AvgIpc) is 2.84. The van der Waals surface area contributed by atoms with E-state index >= 15 is 0 Å². The highest BCUT2D eigenvalue weighted by atomic mass is 16.5. The van der Waals surface area contributed by atoms with Crippen LogP contribution in [0.3, 0.4) is 0 Å². The largest absolute Gasteiger partial charge is 0.493 e. The van der Waals surface area contributed by atoms with Crippen LogP contribution in [0.2, 0.25) is 0 Å². The van der Waals surface area contributed by atoms with E-state index in [9.17, 15) is 15.2 Å². The molecule has 1 aliphatic carbocycles. The normalized spacial score (nSPS) is 20.4. The second kappa shape index (κ2) is 11.1. The highest BCUT2D eigenvalue weighted by molar-refractivity contribution is 6.39. The molecule has 1 aromatic heterocycles. The number of aromatic nitrogens is 2.